The lowest BCUT2D eigenvalue weighted by molar-refractivity contribution is -0.348. The summed E-state index contributed by atoms with van der Waals surface area (Å²) in [6.45, 7) is 4.06. The molecule has 14 heteroatoms. The molecule has 0 aliphatic carbocycles. The molecule has 0 saturated carbocycles. The van der Waals surface area contributed by atoms with Gasteiger partial charge in [0.25, 0.3) is 5.91 Å². The molecule has 7 nitrogen and oxygen atoms in total. The van der Waals surface area contributed by atoms with E-state index in [0.717, 1.165) is 11.0 Å². The van der Waals surface area contributed by atoms with Crippen molar-refractivity contribution in [1.29, 1.82) is 0 Å². The van der Waals surface area contributed by atoms with Gasteiger partial charge in [0.05, 0.1) is 5.41 Å². The van der Waals surface area contributed by atoms with Gasteiger partial charge in [-0.15, -0.1) is 0 Å². The number of rotatable bonds is 3. The summed E-state index contributed by atoms with van der Waals surface area (Å²) >= 11 is 0. The summed E-state index contributed by atoms with van der Waals surface area (Å²) < 4.78 is 92.1. The average Bonchev–Trinajstić information content (AvgIpc) is 2.64. The normalized spacial score (nSPS) is 21.9. The van der Waals surface area contributed by atoms with Crippen LogP contribution in [0.25, 0.3) is 0 Å². The Balaban J connectivity index is 2.60. The minimum Gasteiger partial charge on any atom is -0.369 e. The molecule has 0 fully saturated rings. The summed E-state index contributed by atoms with van der Waals surface area (Å²) in [5.74, 6) is -4.77. The summed E-state index contributed by atoms with van der Waals surface area (Å²) in [7, 11) is 1.31. The molecule has 178 valence electrons. The van der Waals surface area contributed by atoms with Gasteiger partial charge in [0, 0.05) is 18.3 Å². The number of halogens is 7. The molecule has 0 radical (unpaired) electrons. The fourth-order valence-corrected chi connectivity index (χ4v) is 3.19. The fraction of sp³-hybridized carbons (Fsp3) is 0.500. The van der Waals surface area contributed by atoms with Crippen LogP contribution in [0.3, 0.4) is 0 Å². The average molecular weight is 472 g/mol. The molecule has 1 heterocycles. The number of carbonyl (C=O) groups excluding carboxylic acids is 2. The standard InChI is InChI=1S/C18H19F7N4O3/c1-14(2)12(31)29(4)13(26)28-15(14,3)9-7-8(5-6-10(9)19)27-11(30)16(32,17(20,21)22)18(23,24)25/h5-7,32H,1-4H3,(H2,26,28)(H,27,30)/t15-/m1/s1. The van der Waals surface area contributed by atoms with Crippen LogP contribution in [-0.4, -0.2) is 52.8 Å². The topological polar surface area (TPSA) is 108 Å². The van der Waals surface area contributed by atoms with Gasteiger partial charge in [0.1, 0.15) is 11.4 Å². The molecular weight excluding hydrogens is 453 g/mol. The number of nitrogens with one attached hydrogen (secondary N) is 1. The molecule has 1 aromatic carbocycles. The Morgan fingerprint density at radius 1 is 1.12 bits per heavy atom. The summed E-state index contributed by atoms with van der Waals surface area (Å²) in [6, 6.07) is 2.06. The molecule has 0 aromatic heterocycles. The number of anilines is 1. The van der Waals surface area contributed by atoms with Crippen molar-refractivity contribution in [2.24, 2.45) is 16.1 Å². The van der Waals surface area contributed by atoms with Crippen LogP contribution in [0.4, 0.5) is 36.4 Å². The van der Waals surface area contributed by atoms with Gasteiger partial charge in [-0.3, -0.25) is 14.5 Å². The van der Waals surface area contributed by atoms with Gasteiger partial charge in [0.15, 0.2) is 5.96 Å². The maximum atomic E-state index is 14.7. The Morgan fingerprint density at radius 3 is 2.09 bits per heavy atom. The van der Waals surface area contributed by atoms with Crippen molar-refractivity contribution in [2.45, 2.75) is 44.3 Å². The second kappa shape index (κ2) is 7.32. The molecule has 4 N–H and O–H groups in total. The van der Waals surface area contributed by atoms with E-state index in [1.807, 2.05) is 0 Å². The van der Waals surface area contributed by atoms with Crippen LogP contribution < -0.4 is 11.1 Å². The number of carbonyl (C=O) groups is 2. The van der Waals surface area contributed by atoms with Crippen LogP contribution in [0.5, 0.6) is 0 Å². The highest BCUT2D eigenvalue weighted by Gasteiger charge is 2.75. The number of amides is 2. The number of nitrogens with two attached hydrogens (primary N) is 1. The molecule has 1 aliphatic heterocycles. The van der Waals surface area contributed by atoms with Gasteiger partial charge in [0.2, 0.25) is 5.91 Å². The van der Waals surface area contributed by atoms with Crippen molar-refractivity contribution in [3.63, 3.8) is 0 Å². The van der Waals surface area contributed by atoms with Crippen LogP contribution in [0.1, 0.15) is 26.3 Å². The number of hydrogen-bond donors (Lipinski definition) is 3. The predicted molar refractivity (Wildman–Crippen MR) is 97.6 cm³/mol. The van der Waals surface area contributed by atoms with E-state index in [4.69, 9.17) is 5.73 Å². The molecule has 32 heavy (non-hydrogen) atoms. The van der Waals surface area contributed by atoms with Crippen LogP contribution in [0, 0.1) is 11.2 Å². The highest BCUT2D eigenvalue weighted by Crippen LogP contribution is 2.48. The number of guanidine groups is 1. The van der Waals surface area contributed by atoms with E-state index in [1.54, 1.807) is 0 Å². The van der Waals surface area contributed by atoms with Crippen molar-refractivity contribution in [1.82, 2.24) is 4.90 Å². The van der Waals surface area contributed by atoms with Gasteiger partial charge in [-0.25, -0.2) is 9.38 Å². The zero-order chi connectivity index (χ0) is 25.1. The Labute approximate surface area is 177 Å². The Morgan fingerprint density at radius 2 is 1.62 bits per heavy atom. The molecule has 2 amide bonds. The highest BCUT2D eigenvalue weighted by atomic mass is 19.4. The lowest BCUT2D eigenvalue weighted by Crippen LogP contribution is -2.64. The van der Waals surface area contributed by atoms with E-state index in [0.29, 0.717) is 12.1 Å². The number of hydrogen-bond acceptors (Lipinski definition) is 5. The van der Waals surface area contributed by atoms with Crippen LogP contribution in [-0.2, 0) is 15.1 Å². The SMILES string of the molecule is CN1C(=O)C(C)(C)[C@@](C)(c2cc(NC(=O)C(O)(C(F)(F)F)C(F)(F)F)ccc2F)N=C1N. The van der Waals surface area contributed by atoms with Crippen molar-refractivity contribution in [2.75, 3.05) is 12.4 Å². The number of aliphatic hydroxyl groups is 1. The van der Waals surface area contributed by atoms with Crippen molar-refractivity contribution in [3.8, 4) is 0 Å². The van der Waals surface area contributed by atoms with Crippen LogP contribution >= 0.6 is 0 Å². The molecular formula is C18H19F7N4O3. The number of aliphatic imine (C=N–C) groups is 1. The largest absolute Gasteiger partial charge is 0.435 e. The number of nitrogens with zero attached hydrogens (tertiary/aromatic N) is 2. The molecule has 0 spiro atoms. The summed E-state index contributed by atoms with van der Waals surface area (Å²) in [4.78, 5) is 29.6. The first-order chi connectivity index (χ1) is 14.2. The highest BCUT2D eigenvalue weighted by molar-refractivity contribution is 6.02. The van der Waals surface area contributed by atoms with E-state index in [2.05, 4.69) is 4.99 Å². The third-order valence-corrected chi connectivity index (χ3v) is 5.64. The summed E-state index contributed by atoms with van der Waals surface area (Å²) in [5, 5.41) is 10.5. The lowest BCUT2D eigenvalue weighted by Gasteiger charge is -2.46. The minimum absolute atomic E-state index is 0.311. The second-order valence-electron chi connectivity index (χ2n) is 7.89. The molecule has 1 aliphatic rings. The first-order valence-corrected chi connectivity index (χ1v) is 8.82. The van der Waals surface area contributed by atoms with Crippen molar-refractivity contribution in [3.05, 3.63) is 29.6 Å². The molecule has 0 unspecified atom stereocenters. The minimum atomic E-state index is -6.40. The lowest BCUT2D eigenvalue weighted by atomic mass is 9.67. The molecule has 0 saturated heterocycles. The molecule has 1 atom stereocenters. The Hall–Kier alpha value is -2.90. The van der Waals surface area contributed by atoms with E-state index >= 15 is 0 Å². The maximum Gasteiger partial charge on any atom is 0.435 e. The monoisotopic (exact) mass is 472 g/mol. The van der Waals surface area contributed by atoms with E-state index < -0.39 is 57.8 Å². The Kier molecular flexibility index (Phi) is 5.80. The van der Waals surface area contributed by atoms with Crippen LogP contribution in [0.15, 0.2) is 23.2 Å². The molecule has 2 rings (SSSR count). The van der Waals surface area contributed by atoms with E-state index in [1.165, 1.54) is 33.1 Å². The van der Waals surface area contributed by atoms with Gasteiger partial charge in [-0.05, 0) is 39.0 Å². The third-order valence-electron chi connectivity index (χ3n) is 5.64. The predicted octanol–water partition coefficient (Wildman–Crippen LogP) is 2.65. The quantitative estimate of drug-likeness (QED) is 0.588. The van der Waals surface area contributed by atoms with Gasteiger partial charge in [-0.2, -0.15) is 26.3 Å². The summed E-state index contributed by atoms with van der Waals surface area (Å²) in [6.07, 6.45) is -12.8. The second-order valence-corrected chi connectivity index (χ2v) is 7.89. The molecule has 0 bridgehead atoms. The smallest absolute Gasteiger partial charge is 0.369 e. The van der Waals surface area contributed by atoms with E-state index in [-0.39, 0.29) is 5.96 Å². The van der Waals surface area contributed by atoms with Gasteiger partial charge < -0.3 is 16.2 Å². The van der Waals surface area contributed by atoms with Crippen LogP contribution in [0.2, 0.25) is 0 Å². The molecule has 1 aromatic rings. The third kappa shape index (κ3) is 3.55. The summed E-state index contributed by atoms with van der Waals surface area (Å²) in [5.41, 5.74) is -4.38. The van der Waals surface area contributed by atoms with Gasteiger partial charge >= 0.3 is 18.0 Å². The fourth-order valence-electron chi connectivity index (χ4n) is 3.19. The zero-order valence-electron chi connectivity index (χ0n) is 17.1. The van der Waals surface area contributed by atoms with Crippen molar-refractivity contribution >= 4 is 23.5 Å². The van der Waals surface area contributed by atoms with E-state index in [9.17, 15) is 45.4 Å². The Bertz CT molecular complexity index is 974. The first kappa shape index (κ1) is 25.4. The first-order valence-electron chi connectivity index (χ1n) is 8.82. The maximum absolute atomic E-state index is 14.7. The van der Waals surface area contributed by atoms with Crippen molar-refractivity contribution < 1.29 is 45.4 Å². The number of benzene rings is 1. The zero-order valence-corrected chi connectivity index (χ0v) is 17.1. The van der Waals surface area contributed by atoms with Gasteiger partial charge in [-0.1, -0.05) is 0 Å². The number of alkyl halides is 6.